The minimum Gasteiger partial charge on any atom is -0.387 e. The first-order chi connectivity index (χ1) is 12.5. The van der Waals surface area contributed by atoms with E-state index in [1.54, 1.807) is 34.9 Å². The van der Waals surface area contributed by atoms with Crippen LogP contribution in [-0.2, 0) is 13.1 Å². The Bertz CT molecular complexity index is 860. The molecule has 1 unspecified atom stereocenters. The second kappa shape index (κ2) is 6.45. The predicted molar refractivity (Wildman–Crippen MR) is 94.8 cm³/mol. The van der Waals surface area contributed by atoms with E-state index in [0.29, 0.717) is 44.0 Å². The zero-order chi connectivity index (χ0) is 18.3. The van der Waals surface area contributed by atoms with Crippen molar-refractivity contribution in [2.24, 2.45) is 0 Å². The third-order valence-electron chi connectivity index (χ3n) is 4.79. The van der Waals surface area contributed by atoms with Gasteiger partial charge in [0.25, 0.3) is 5.91 Å². The summed E-state index contributed by atoms with van der Waals surface area (Å²) in [6.07, 6.45) is -0.624. The van der Waals surface area contributed by atoms with Crippen molar-refractivity contribution in [1.29, 1.82) is 0 Å². The number of anilines is 1. The molecule has 1 atom stereocenters. The van der Waals surface area contributed by atoms with Crippen LogP contribution in [0.2, 0.25) is 0 Å². The van der Waals surface area contributed by atoms with Crippen LogP contribution in [0.25, 0.3) is 0 Å². The number of rotatable bonds is 3. The molecule has 3 heterocycles. The van der Waals surface area contributed by atoms with Gasteiger partial charge in [0.05, 0.1) is 30.6 Å². The lowest BCUT2D eigenvalue weighted by Crippen LogP contribution is -2.38. The number of amides is 3. The Hall–Kier alpha value is -2.87. The fraction of sp³-hybridized carbons (Fsp3) is 0.389. The second-order valence-electron chi connectivity index (χ2n) is 6.62. The van der Waals surface area contributed by atoms with Crippen molar-refractivity contribution in [2.45, 2.75) is 26.1 Å². The number of aromatic nitrogens is 2. The van der Waals surface area contributed by atoms with Gasteiger partial charge in [-0.1, -0.05) is 6.07 Å². The minimum atomic E-state index is -0.624. The smallest absolute Gasteiger partial charge is 0.321 e. The first-order valence-electron chi connectivity index (χ1n) is 8.72. The normalized spacial score (nSPS) is 17.8. The predicted octanol–water partition coefficient (Wildman–Crippen LogP) is 1.12. The number of fused-ring (bicyclic) bond motifs is 1. The molecule has 8 heteroatoms. The van der Waals surface area contributed by atoms with E-state index in [2.05, 4.69) is 10.4 Å². The Morgan fingerprint density at radius 2 is 2.12 bits per heavy atom. The van der Waals surface area contributed by atoms with Gasteiger partial charge < -0.3 is 15.3 Å². The Morgan fingerprint density at radius 3 is 2.85 bits per heavy atom. The van der Waals surface area contributed by atoms with Crippen LogP contribution >= 0.6 is 0 Å². The van der Waals surface area contributed by atoms with E-state index in [-0.39, 0.29) is 11.9 Å². The Labute approximate surface area is 151 Å². The van der Waals surface area contributed by atoms with Gasteiger partial charge in [-0.25, -0.2) is 4.79 Å². The van der Waals surface area contributed by atoms with Crippen molar-refractivity contribution >= 4 is 17.6 Å². The zero-order valence-corrected chi connectivity index (χ0v) is 14.6. The molecule has 26 heavy (non-hydrogen) atoms. The van der Waals surface area contributed by atoms with Crippen molar-refractivity contribution in [3.8, 4) is 0 Å². The molecule has 1 saturated heterocycles. The fourth-order valence-electron chi connectivity index (χ4n) is 3.37. The van der Waals surface area contributed by atoms with Crippen LogP contribution in [0.4, 0.5) is 10.5 Å². The van der Waals surface area contributed by atoms with Gasteiger partial charge in [-0.3, -0.25) is 14.4 Å². The maximum absolute atomic E-state index is 12.9. The van der Waals surface area contributed by atoms with Gasteiger partial charge in [-0.2, -0.15) is 5.10 Å². The molecule has 2 N–H and O–H groups in total. The maximum Gasteiger partial charge on any atom is 0.321 e. The van der Waals surface area contributed by atoms with Crippen molar-refractivity contribution in [3.63, 3.8) is 0 Å². The Balaban J connectivity index is 1.53. The number of urea groups is 1. The number of aliphatic hydroxyl groups is 1. The Kier molecular flexibility index (Phi) is 4.12. The van der Waals surface area contributed by atoms with E-state index in [1.165, 1.54) is 0 Å². The molecule has 2 aromatic rings. The molecule has 0 saturated carbocycles. The standard InChI is InChI=1S/C18H21N5O3/c1-12(24)16-10-15-11-21(7-8-23(15)20-16)17(25)13-3-2-4-14(9-13)22-6-5-19-18(22)26/h2-4,9-10,12,24H,5-8,11H2,1H3,(H,19,26). The molecule has 0 bridgehead atoms. The van der Waals surface area contributed by atoms with E-state index in [9.17, 15) is 14.7 Å². The number of nitrogens with one attached hydrogen (secondary N) is 1. The number of aliphatic hydroxyl groups excluding tert-OH is 1. The summed E-state index contributed by atoms with van der Waals surface area (Å²) in [5, 5.41) is 16.8. The summed E-state index contributed by atoms with van der Waals surface area (Å²) in [7, 11) is 0. The highest BCUT2D eigenvalue weighted by Crippen LogP contribution is 2.22. The summed E-state index contributed by atoms with van der Waals surface area (Å²) in [4.78, 5) is 28.2. The fourth-order valence-corrected chi connectivity index (χ4v) is 3.37. The SMILES string of the molecule is CC(O)c1cc2n(n1)CCN(C(=O)c1cccc(N3CCNC3=O)c1)C2. The molecule has 2 aliphatic heterocycles. The molecule has 1 fully saturated rings. The highest BCUT2D eigenvalue weighted by molar-refractivity contribution is 5.98. The second-order valence-corrected chi connectivity index (χ2v) is 6.62. The summed E-state index contributed by atoms with van der Waals surface area (Å²) in [5.74, 6) is -0.0718. The number of nitrogens with zero attached hydrogens (tertiary/aromatic N) is 4. The molecule has 2 aliphatic rings. The topological polar surface area (TPSA) is 90.7 Å². The molecule has 1 aromatic carbocycles. The molecule has 136 valence electrons. The number of carbonyl (C=O) groups excluding carboxylic acids is 2. The molecular weight excluding hydrogens is 334 g/mol. The van der Waals surface area contributed by atoms with Crippen LogP contribution in [0.15, 0.2) is 30.3 Å². The molecule has 0 spiro atoms. The highest BCUT2D eigenvalue weighted by atomic mass is 16.3. The molecule has 4 rings (SSSR count). The van der Waals surface area contributed by atoms with Crippen molar-refractivity contribution in [3.05, 3.63) is 47.3 Å². The van der Waals surface area contributed by atoms with Crippen LogP contribution < -0.4 is 10.2 Å². The number of hydrogen-bond acceptors (Lipinski definition) is 4. The van der Waals surface area contributed by atoms with E-state index in [4.69, 9.17) is 0 Å². The monoisotopic (exact) mass is 355 g/mol. The van der Waals surface area contributed by atoms with Crippen LogP contribution in [0.5, 0.6) is 0 Å². The summed E-state index contributed by atoms with van der Waals surface area (Å²) < 4.78 is 1.84. The van der Waals surface area contributed by atoms with Gasteiger partial charge in [-0.05, 0) is 31.2 Å². The van der Waals surface area contributed by atoms with E-state index < -0.39 is 6.10 Å². The number of carbonyl (C=O) groups is 2. The first kappa shape index (κ1) is 16.6. The summed E-state index contributed by atoms with van der Waals surface area (Å²) in [6, 6.07) is 8.88. The number of benzene rings is 1. The van der Waals surface area contributed by atoms with E-state index in [0.717, 1.165) is 11.4 Å². The van der Waals surface area contributed by atoms with Crippen molar-refractivity contribution in [1.82, 2.24) is 20.0 Å². The van der Waals surface area contributed by atoms with E-state index in [1.807, 2.05) is 16.8 Å². The Morgan fingerprint density at radius 1 is 1.27 bits per heavy atom. The average molecular weight is 355 g/mol. The maximum atomic E-state index is 12.9. The molecular formula is C18H21N5O3. The van der Waals surface area contributed by atoms with Gasteiger partial charge in [0.15, 0.2) is 0 Å². The zero-order valence-electron chi connectivity index (χ0n) is 14.6. The van der Waals surface area contributed by atoms with Crippen LogP contribution in [0.3, 0.4) is 0 Å². The first-order valence-corrected chi connectivity index (χ1v) is 8.72. The lowest BCUT2D eigenvalue weighted by molar-refractivity contribution is 0.0705. The van der Waals surface area contributed by atoms with Gasteiger partial charge in [0.1, 0.15) is 0 Å². The highest BCUT2D eigenvalue weighted by Gasteiger charge is 2.26. The molecule has 8 nitrogen and oxygen atoms in total. The molecule has 0 aliphatic carbocycles. The van der Waals surface area contributed by atoms with Gasteiger partial charge in [-0.15, -0.1) is 0 Å². The lowest BCUT2D eigenvalue weighted by Gasteiger charge is -2.28. The quantitative estimate of drug-likeness (QED) is 0.863. The summed E-state index contributed by atoms with van der Waals surface area (Å²) in [6.45, 7) is 4.49. The average Bonchev–Trinajstić information content (AvgIpc) is 3.26. The summed E-state index contributed by atoms with van der Waals surface area (Å²) >= 11 is 0. The van der Waals surface area contributed by atoms with Crippen molar-refractivity contribution < 1.29 is 14.7 Å². The van der Waals surface area contributed by atoms with Crippen molar-refractivity contribution in [2.75, 3.05) is 24.5 Å². The third-order valence-corrected chi connectivity index (χ3v) is 4.79. The number of hydrogen-bond donors (Lipinski definition) is 2. The molecule has 0 radical (unpaired) electrons. The van der Waals surface area contributed by atoms with Gasteiger partial charge in [0.2, 0.25) is 0 Å². The van der Waals surface area contributed by atoms with Gasteiger partial charge >= 0.3 is 6.03 Å². The van der Waals surface area contributed by atoms with Gasteiger partial charge in [0, 0.05) is 30.9 Å². The van der Waals surface area contributed by atoms with Crippen LogP contribution in [0, 0.1) is 0 Å². The largest absolute Gasteiger partial charge is 0.387 e. The molecule has 1 aromatic heterocycles. The summed E-state index contributed by atoms with van der Waals surface area (Å²) in [5.41, 5.74) is 2.82. The molecule has 3 amide bonds. The third kappa shape index (κ3) is 2.92. The van der Waals surface area contributed by atoms with E-state index >= 15 is 0 Å². The minimum absolute atomic E-state index is 0.0718. The van der Waals surface area contributed by atoms with Crippen LogP contribution in [-0.4, -0.2) is 51.4 Å². The van der Waals surface area contributed by atoms with Crippen LogP contribution in [0.1, 0.15) is 34.8 Å². The lowest BCUT2D eigenvalue weighted by atomic mass is 10.1.